The Morgan fingerprint density at radius 1 is 0.763 bits per heavy atom. The highest BCUT2D eigenvalue weighted by atomic mass is 32.2. The highest BCUT2D eigenvalue weighted by molar-refractivity contribution is 7.89. The molecule has 1 fully saturated rings. The summed E-state index contributed by atoms with van der Waals surface area (Å²) in [5, 5.41) is 5.21. The molecule has 0 aromatic heterocycles. The quantitative estimate of drug-likeness (QED) is 0.366. The first kappa shape index (κ1) is 29.8. The molecule has 3 rings (SSSR count). The van der Waals surface area contributed by atoms with Gasteiger partial charge in [0.05, 0.1) is 9.79 Å². The molecular formula is C26H36N4O6S2. The molecule has 2 aromatic rings. The molecule has 0 spiro atoms. The topological polar surface area (TPSA) is 151 Å². The standard InChI is InChI=1S/C26H36N4O6S2/c1-18(31)28-20-6-10-23(11-7-20)37(33,34)27-17-26(5)15-22(14-25(3,4)16-26)30-38(35,36)24-12-8-21(9-13-24)29-19(2)32/h6-13,22,27,30H,14-17H2,1-5H3,(H,28,31)(H,29,32). The lowest BCUT2D eigenvalue weighted by Crippen LogP contribution is -2.50. The fraction of sp³-hybridized carbons (Fsp3) is 0.462. The van der Waals surface area contributed by atoms with E-state index in [-0.39, 0.29) is 33.6 Å². The van der Waals surface area contributed by atoms with Crippen molar-refractivity contribution in [3.63, 3.8) is 0 Å². The van der Waals surface area contributed by atoms with Crippen LogP contribution in [0.2, 0.25) is 0 Å². The number of hydrogen-bond acceptors (Lipinski definition) is 6. The SMILES string of the molecule is CC(=O)Nc1ccc(S(=O)(=O)NCC2(C)CC(NS(=O)(=O)c3ccc(NC(C)=O)cc3)CC(C)(C)C2)cc1. The summed E-state index contributed by atoms with van der Waals surface area (Å²) in [6, 6.07) is 11.4. The summed E-state index contributed by atoms with van der Waals surface area (Å²) >= 11 is 0. The highest BCUT2D eigenvalue weighted by Crippen LogP contribution is 2.46. The van der Waals surface area contributed by atoms with Crippen molar-refractivity contribution in [2.75, 3.05) is 17.2 Å². The number of benzene rings is 2. The maximum absolute atomic E-state index is 13.1. The molecule has 2 amide bonds. The fourth-order valence-corrected chi connectivity index (χ4v) is 7.77. The number of rotatable bonds is 9. The van der Waals surface area contributed by atoms with Crippen LogP contribution in [0.5, 0.6) is 0 Å². The number of amides is 2. The second-order valence-corrected chi connectivity index (χ2v) is 14.6. The molecule has 0 radical (unpaired) electrons. The molecule has 2 aromatic carbocycles. The highest BCUT2D eigenvalue weighted by Gasteiger charge is 2.43. The van der Waals surface area contributed by atoms with Crippen molar-refractivity contribution in [2.24, 2.45) is 10.8 Å². The Morgan fingerprint density at radius 3 is 1.66 bits per heavy atom. The predicted molar refractivity (Wildman–Crippen MR) is 147 cm³/mol. The smallest absolute Gasteiger partial charge is 0.240 e. The zero-order valence-corrected chi connectivity index (χ0v) is 23.9. The molecule has 0 bridgehead atoms. The van der Waals surface area contributed by atoms with Gasteiger partial charge in [-0.3, -0.25) is 9.59 Å². The Balaban J connectivity index is 1.71. The van der Waals surface area contributed by atoms with Crippen molar-refractivity contribution in [1.29, 1.82) is 0 Å². The van der Waals surface area contributed by atoms with E-state index in [9.17, 15) is 26.4 Å². The average molecular weight is 565 g/mol. The summed E-state index contributed by atoms with van der Waals surface area (Å²) in [7, 11) is -7.66. The maximum atomic E-state index is 13.1. The molecule has 38 heavy (non-hydrogen) atoms. The average Bonchev–Trinajstić information content (AvgIpc) is 2.76. The Bertz CT molecular complexity index is 1390. The third-order valence-electron chi connectivity index (χ3n) is 6.42. The van der Waals surface area contributed by atoms with E-state index in [0.29, 0.717) is 30.6 Å². The second-order valence-electron chi connectivity index (χ2n) is 11.1. The van der Waals surface area contributed by atoms with Crippen LogP contribution in [0.4, 0.5) is 11.4 Å². The van der Waals surface area contributed by atoms with Gasteiger partial charge < -0.3 is 10.6 Å². The number of hydrogen-bond donors (Lipinski definition) is 4. The first-order valence-corrected chi connectivity index (χ1v) is 15.2. The van der Waals surface area contributed by atoms with Crippen molar-refractivity contribution in [1.82, 2.24) is 9.44 Å². The Morgan fingerprint density at radius 2 is 1.21 bits per heavy atom. The zero-order valence-electron chi connectivity index (χ0n) is 22.3. The second kappa shape index (κ2) is 11.1. The first-order chi connectivity index (χ1) is 17.5. The van der Waals surface area contributed by atoms with Gasteiger partial charge in [0.25, 0.3) is 0 Å². The summed E-state index contributed by atoms with van der Waals surface area (Å²) < 4.78 is 57.7. The van der Waals surface area contributed by atoms with Gasteiger partial charge in [-0.1, -0.05) is 20.8 Å². The minimum absolute atomic E-state index is 0.0743. The lowest BCUT2D eigenvalue weighted by atomic mass is 9.63. The maximum Gasteiger partial charge on any atom is 0.240 e. The van der Waals surface area contributed by atoms with E-state index < -0.39 is 31.5 Å². The van der Waals surface area contributed by atoms with E-state index in [1.165, 1.54) is 62.4 Å². The van der Waals surface area contributed by atoms with Crippen molar-refractivity contribution in [3.8, 4) is 0 Å². The van der Waals surface area contributed by atoms with Crippen LogP contribution in [0.1, 0.15) is 53.9 Å². The third-order valence-corrected chi connectivity index (χ3v) is 9.38. The van der Waals surface area contributed by atoms with E-state index in [0.717, 1.165) is 0 Å². The summed E-state index contributed by atoms with van der Waals surface area (Å²) in [6.07, 6.45) is 1.75. The molecule has 4 N–H and O–H groups in total. The summed E-state index contributed by atoms with van der Waals surface area (Å²) in [6.45, 7) is 8.93. The number of nitrogens with one attached hydrogen (secondary N) is 4. The third kappa shape index (κ3) is 8.10. The molecule has 12 heteroatoms. The van der Waals surface area contributed by atoms with Crippen LogP contribution in [0.15, 0.2) is 58.3 Å². The molecule has 1 aliphatic rings. The van der Waals surface area contributed by atoms with Gasteiger partial charge in [0.15, 0.2) is 0 Å². The number of sulfonamides is 2. The minimum Gasteiger partial charge on any atom is -0.326 e. The van der Waals surface area contributed by atoms with Gasteiger partial charge in [-0.25, -0.2) is 26.3 Å². The predicted octanol–water partition coefficient (Wildman–Crippen LogP) is 3.45. The van der Waals surface area contributed by atoms with Gasteiger partial charge >= 0.3 is 0 Å². The Labute approximate surface area is 225 Å². The van der Waals surface area contributed by atoms with E-state index in [1.807, 2.05) is 20.8 Å². The lowest BCUT2D eigenvalue weighted by molar-refractivity contribution is -0.115. The molecule has 0 saturated heterocycles. The molecule has 10 nitrogen and oxygen atoms in total. The molecule has 2 unspecified atom stereocenters. The fourth-order valence-electron chi connectivity index (χ4n) is 5.33. The lowest BCUT2D eigenvalue weighted by Gasteiger charge is -2.46. The van der Waals surface area contributed by atoms with Crippen LogP contribution in [-0.4, -0.2) is 41.2 Å². The van der Waals surface area contributed by atoms with E-state index in [1.54, 1.807) is 0 Å². The largest absolute Gasteiger partial charge is 0.326 e. The summed E-state index contributed by atoms with van der Waals surface area (Å²) in [4.78, 5) is 22.6. The normalized spacial score (nSPS) is 21.4. The van der Waals surface area contributed by atoms with Crippen molar-refractivity contribution in [2.45, 2.75) is 69.7 Å². The van der Waals surface area contributed by atoms with Crippen molar-refractivity contribution in [3.05, 3.63) is 48.5 Å². The Hall–Kier alpha value is -2.80. The summed E-state index contributed by atoms with van der Waals surface area (Å²) in [5.74, 6) is -0.501. The van der Waals surface area contributed by atoms with Crippen LogP contribution >= 0.6 is 0 Å². The molecule has 1 aliphatic carbocycles. The van der Waals surface area contributed by atoms with E-state index in [4.69, 9.17) is 0 Å². The van der Waals surface area contributed by atoms with E-state index >= 15 is 0 Å². The van der Waals surface area contributed by atoms with Crippen LogP contribution < -0.4 is 20.1 Å². The molecular weight excluding hydrogens is 528 g/mol. The van der Waals surface area contributed by atoms with Gasteiger partial charge in [-0.15, -0.1) is 0 Å². The van der Waals surface area contributed by atoms with Crippen LogP contribution in [-0.2, 0) is 29.6 Å². The molecule has 1 saturated carbocycles. The van der Waals surface area contributed by atoms with Gasteiger partial charge in [-0.2, -0.15) is 0 Å². The van der Waals surface area contributed by atoms with Crippen molar-refractivity contribution >= 4 is 43.2 Å². The molecule has 0 heterocycles. The molecule has 208 valence electrons. The molecule has 0 aliphatic heterocycles. The zero-order chi connectivity index (χ0) is 28.4. The van der Waals surface area contributed by atoms with Crippen LogP contribution in [0, 0.1) is 10.8 Å². The summed E-state index contributed by atoms with van der Waals surface area (Å²) in [5.41, 5.74) is 0.256. The number of anilines is 2. The van der Waals surface area contributed by atoms with Gasteiger partial charge in [-0.05, 0) is 78.6 Å². The van der Waals surface area contributed by atoms with Crippen LogP contribution in [0.25, 0.3) is 0 Å². The molecule has 2 atom stereocenters. The number of carbonyl (C=O) groups is 2. The monoisotopic (exact) mass is 564 g/mol. The van der Waals surface area contributed by atoms with Gasteiger partial charge in [0, 0.05) is 37.8 Å². The van der Waals surface area contributed by atoms with Crippen molar-refractivity contribution < 1.29 is 26.4 Å². The van der Waals surface area contributed by atoms with Gasteiger partial charge in [0.2, 0.25) is 31.9 Å². The van der Waals surface area contributed by atoms with Gasteiger partial charge in [0.1, 0.15) is 0 Å². The minimum atomic E-state index is -3.84. The van der Waals surface area contributed by atoms with Crippen LogP contribution in [0.3, 0.4) is 0 Å². The number of carbonyl (C=O) groups excluding carboxylic acids is 2. The van der Waals surface area contributed by atoms with E-state index in [2.05, 4.69) is 20.1 Å². The Kier molecular flexibility index (Phi) is 8.71. The first-order valence-electron chi connectivity index (χ1n) is 12.3.